The summed E-state index contributed by atoms with van der Waals surface area (Å²) in [5.41, 5.74) is 2.13. The first-order valence-corrected chi connectivity index (χ1v) is 11.2. The molecule has 0 bridgehead atoms. The molecule has 0 fully saturated rings. The predicted molar refractivity (Wildman–Crippen MR) is 133 cm³/mol. The van der Waals surface area contributed by atoms with Crippen LogP contribution in [-0.4, -0.2) is 32.2 Å². The van der Waals surface area contributed by atoms with E-state index in [1.165, 1.54) is 4.57 Å². The number of benzene rings is 2. The molecule has 0 radical (unpaired) electrons. The Kier molecular flexibility index (Phi) is 6.42. The smallest absolute Gasteiger partial charge is 0.340 e. The Balaban J connectivity index is 1.81. The number of carbonyl (C=O) groups is 2. The minimum atomic E-state index is -0.632. The summed E-state index contributed by atoms with van der Waals surface area (Å²) in [5.74, 6) is -1.09. The molecule has 0 unspecified atom stereocenters. The molecular formula is C26H26N4O5. The van der Waals surface area contributed by atoms with Crippen LogP contribution < -0.4 is 16.6 Å². The maximum absolute atomic E-state index is 13.5. The van der Waals surface area contributed by atoms with E-state index in [4.69, 9.17) is 4.74 Å². The summed E-state index contributed by atoms with van der Waals surface area (Å²) in [7, 11) is 1.74. The molecule has 9 heteroatoms. The molecule has 0 saturated heterocycles. The molecule has 4 rings (SSSR count). The second-order valence-electron chi connectivity index (χ2n) is 8.24. The number of amides is 1. The number of hydrogen-bond donors (Lipinski definition) is 1. The number of fused-ring (bicyclic) bond motifs is 1. The summed E-state index contributed by atoms with van der Waals surface area (Å²) in [6.07, 6.45) is 0. The predicted octanol–water partition coefficient (Wildman–Crippen LogP) is 2.92. The third kappa shape index (κ3) is 4.40. The molecule has 180 valence electrons. The number of nitrogens with zero attached hydrogens (tertiary/aromatic N) is 3. The first kappa shape index (κ1) is 23.7. The molecule has 9 nitrogen and oxygen atoms in total. The van der Waals surface area contributed by atoms with E-state index in [1.807, 2.05) is 19.9 Å². The number of para-hydroxylation sites is 1. The Morgan fingerprint density at radius 3 is 2.46 bits per heavy atom. The molecule has 2 aromatic carbocycles. The average Bonchev–Trinajstić information content (AvgIpc) is 3.11. The lowest BCUT2D eigenvalue weighted by Gasteiger charge is -2.14. The minimum Gasteiger partial charge on any atom is -0.462 e. The van der Waals surface area contributed by atoms with Crippen molar-refractivity contribution >= 4 is 28.6 Å². The molecule has 0 saturated carbocycles. The largest absolute Gasteiger partial charge is 0.462 e. The third-order valence-corrected chi connectivity index (χ3v) is 5.83. The van der Waals surface area contributed by atoms with E-state index < -0.39 is 23.1 Å². The highest BCUT2D eigenvalue weighted by Crippen LogP contribution is 2.18. The van der Waals surface area contributed by atoms with Gasteiger partial charge in [-0.1, -0.05) is 24.3 Å². The molecule has 2 aromatic heterocycles. The average molecular weight is 475 g/mol. The molecule has 1 N–H and O–H groups in total. The summed E-state index contributed by atoms with van der Waals surface area (Å²) in [6.45, 7) is 5.22. The van der Waals surface area contributed by atoms with Crippen molar-refractivity contribution in [1.82, 2.24) is 13.7 Å². The molecule has 4 aromatic rings. The highest BCUT2D eigenvalue weighted by atomic mass is 16.5. The second kappa shape index (κ2) is 9.46. The van der Waals surface area contributed by atoms with Gasteiger partial charge in [0.05, 0.1) is 29.1 Å². The van der Waals surface area contributed by atoms with Crippen LogP contribution in [-0.2, 0) is 23.1 Å². The number of esters is 1. The summed E-state index contributed by atoms with van der Waals surface area (Å²) >= 11 is 0. The van der Waals surface area contributed by atoms with Crippen LogP contribution in [0.3, 0.4) is 0 Å². The number of hydrogen-bond acceptors (Lipinski definition) is 5. The van der Waals surface area contributed by atoms with Gasteiger partial charge in [0.1, 0.15) is 12.1 Å². The van der Waals surface area contributed by atoms with Crippen molar-refractivity contribution in [3.63, 3.8) is 0 Å². The molecule has 0 aliphatic rings. The quantitative estimate of drug-likeness (QED) is 0.433. The van der Waals surface area contributed by atoms with Gasteiger partial charge in [-0.2, -0.15) is 0 Å². The van der Waals surface area contributed by atoms with Gasteiger partial charge in [-0.05, 0) is 56.7 Å². The van der Waals surface area contributed by atoms with Gasteiger partial charge in [0.2, 0.25) is 5.91 Å². The van der Waals surface area contributed by atoms with Gasteiger partial charge in [-0.3, -0.25) is 14.2 Å². The van der Waals surface area contributed by atoms with E-state index in [-0.39, 0.29) is 24.4 Å². The van der Waals surface area contributed by atoms with E-state index in [2.05, 4.69) is 5.32 Å². The fraction of sp³-hybridized carbons (Fsp3) is 0.231. The van der Waals surface area contributed by atoms with E-state index >= 15 is 0 Å². The van der Waals surface area contributed by atoms with Crippen LogP contribution in [0, 0.1) is 13.8 Å². The van der Waals surface area contributed by atoms with Gasteiger partial charge >= 0.3 is 11.7 Å². The Morgan fingerprint density at radius 2 is 1.74 bits per heavy atom. The van der Waals surface area contributed by atoms with Crippen LogP contribution in [0.25, 0.3) is 16.7 Å². The Hall–Kier alpha value is -4.40. The summed E-state index contributed by atoms with van der Waals surface area (Å²) in [4.78, 5) is 52.3. The van der Waals surface area contributed by atoms with Crippen molar-refractivity contribution in [3.05, 3.63) is 92.3 Å². The van der Waals surface area contributed by atoms with Crippen molar-refractivity contribution in [3.8, 4) is 5.69 Å². The molecule has 2 heterocycles. The van der Waals surface area contributed by atoms with Crippen LogP contribution >= 0.6 is 0 Å². The lowest BCUT2D eigenvalue weighted by Crippen LogP contribution is -2.41. The van der Waals surface area contributed by atoms with Crippen LogP contribution in [0.4, 0.5) is 5.69 Å². The van der Waals surface area contributed by atoms with Crippen LogP contribution in [0.5, 0.6) is 0 Å². The van der Waals surface area contributed by atoms with Gasteiger partial charge in [-0.25, -0.2) is 14.2 Å². The van der Waals surface area contributed by atoms with E-state index in [9.17, 15) is 19.2 Å². The first-order valence-electron chi connectivity index (χ1n) is 11.2. The van der Waals surface area contributed by atoms with Crippen molar-refractivity contribution in [1.29, 1.82) is 0 Å². The van der Waals surface area contributed by atoms with E-state index in [0.717, 1.165) is 15.8 Å². The lowest BCUT2D eigenvalue weighted by molar-refractivity contribution is -0.116. The third-order valence-electron chi connectivity index (χ3n) is 5.83. The number of aromatic nitrogens is 3. The van der Waals surface area contributed by atoms with Gasteiger partial charge in [-0.15, -0.1) is 0 Å². The summed E-state index contributed by atoms with van der Waals surface area (Å²) in [5, 5.41) is 2.70. The topological polar surface area (TPSA) is 104 Å². The van der Waals surface area contributed by atoms with Gasteiger partial charge < -0.3 is 14.6 Å². The zero-order chi connectivity index (χ0) is 25.3. The highest BCUT2D eigenvalue weighted by molar-refractivity contribution is 6.01. The van der Waals surface area contributed by atoms with Crippen molar-refractivity contribution in [2.45, 2.75) is 27.3 Å². The number of carbonyl (C=O) groups excluding carboxylic acids is 2. The molecule has 0 aliphatic carbocycles. The van der Waals surface area contributed by atoms with Crippen LogP contribution in [0.15, 0.2) is 64.2 Å². The number of aryl methyl sites for hydroxylation is 3. The Morgan fingerprint density at radius 1 is 1.00 bits per heavy atom. The van der Waals surface area contributed by atoms with E-state index in [0.29, 0.717) is 16.7 Å². The maximum Gasteiger partial charge on any atom is 0.340 e. The van der Waals surface area contributed by atoms with Crippen LogP contribution in [0.2, 0.25) is 0 Å². The number of ether oxygens (including phenoxy) is 1. The molecule has 1 amide bonds. The zero-order valence-electron chi connectivity index (χ0n) is 20.0. The Labute approximate surface area is 201 Å². The van der Waals surface area contributed by atoms with Gasteiger partial charge in [0.25, 0.3) is 5.56 Å². The first-order chi connectivity index (χ1) is 16.7. The summed E-state index contributed by atoms with van der Waals surface area (Å²) in [6, 6.07) is 15.2. The van der Waals surface area contributed by atoms with Crippen molar-refractivity contribution < 1.29 is 14.3 Å². The van der Waals surface area contributed by atoms with Crippen LogP contribution in [0.1, 0.15) is 28.5 Å². The lowest BCUT2D eigenvalue weighted by atomic mass is 10.2. The van der Waals surface area contributed by atoms with Crippen molar-refractivity contribution in [2.75, 3.05) is 11.9 Å². The highest BCUT2D eigenvalue weighted by Gasteiger charge is 2.21. The maximum atomic E-state index is 13.5. The number of rotatable bonds is 6. The summed E-state index contributed by atoms with van der Waals surface area (Å²) < 4.78 is 9.11. The SMILES string of the molecule is CCOC(=O)c1ccccc1NC(=O)Cn1c(=O)n(-c2cccc(C)c2)c(=O)c2c1cc(C)n2C. The molecule has 0 aliphatic heterocycles. The van der Waals surface area contributed by atoms with Gasteiger partial charge in [0, 0.05) is 12.7 Å². The minimum absolute atomic E-state index is 0.197. The van der Waals surface area contributed by atoms with Crippen molar-refractivity contribution in [2.24, 2.45) is 7.05 Å². The number of anilines is 1. The zero-order valence-corrected chi connectivity index (χ0v) is 20.0. The molecule has 35 heavy (non-hydrogen) atoms. The fourth-order valence-corrected chi connectivity index (χ4v) is 4.05. The second-order valence-corrected chi connectivity index (χ2v) is 8.24. The molecule has 0 atom stereocenters. The normalized spacial score (nSPS) is 11.0. The monoisotopic (exact) mass is 474 g/mol. The van der Waals surface area contributed by atoms with Gasteiger partial charge in [0.15, 0.2) is 0 Å². The molecule has 0 spiro atoms. The standard InChI is InChI=1S/C26H26N4O5/c1-5-35-25(33)19-11-6-7-12-20(19)27-22(31)15-29-21-14-17(3)28(4)23(21)24(32)30(26(29)34)18-10-8-9-16(2)13-18/h6-14H,5,15H2,1-4H3,(H,27,31). The fourth-order valence-electron chi connectivity index (χ4n) is 4.05. The number of nitrogens with one attached hydrogen (secondary N) is 1. The molecular weight excluding hydrogens is 448 g/mol. The Bertz CT molecular complexity index is 1580. The van der Waals surface area contributed by atoms with E-state index in [1.54, 1.807) is 67.1 Å².